The van der Waals surface area contributed by atoms with Crippen LogP contribution >= 0.6 is 0 Å². The van der Waals surface area contributed by atoms with Gasteiger partial charge in [0.25, 0.3) is 0 Å². The molecule has 0 unspecified atom stereocenters. The average molecular weight is 783 g/mol. The first kappa shape index (κ1) is 38.8. The number of aliphatic hydroxyl groups excluding tert-OH is 1. The number of hydrogen-bond donors (Lipinski definition) is 1. The van der Waals surface area contributed by atoms with Gasteiger partial charge in [0, 0.05) is 0 Å². The molecule has 9 heteroatoms. The van der Waals surface area contributed by atoms with Crippen molar-refractivity contribution in [3.05, 3.63) is 66.2 Å². The van der Waals surface area contributed by atoms with E-state index in [2.05, 4.69) is 20.8 Å². The van der Waals surface area contributed by atoms with Crippen LogP contribution in [0.2, 0.25) is 13.3 Å². The van der Waals surface area contributed by atoms with E-state index in [1.807, 2.05) is 60.7 Å². The van der Waals surface area contributed by atoms with Crippen LogP contribution in [0.25, 0.3) is 0 Å². The monoisotopic (exact) mass is 785 g/mol. The Labute approximate surface area is 278 Å². The minimum absolute atomic E-state index is 0.227. The number of unbranched alkanes of at least 4 members (excludes halogenated alkanes) is 3. The van der Waals surface area contributed by atoms with E-state index in [0.29, 0.717) is 0 Å². The number of ether oxygens (including phenoxy) is 4. The molecule has 2 aromatic rings. The molecule has 44 heavy (non-hydrogen) atoms. The van der Waals surface area contributed by atoms with Crippen molar-refractivity contribution < 1.29 is 33.6 Å². The van der Waals surface area contributed by atoms with Gasteiger partial charge >= 0.3 is 280 Å². The van der Waals surface area contributed by atoms with Gasteiger partial charge in [0.05, 0.1) is 0 Å². The van der Waals surface area contributed by atoms with Gasteiger partial charge in [-0.2, -0.15) is 0 Å². The van der Waals surface area contributed by atoms with Crippen molar-refractivity contribution in [3.8, 4) is 0 Å². The van der Waals surface area contributed by atoms with Crippen molar-refractivity contribution in [2.75, 3.05) is 6.61 Å². The Balaban J connectivity index is 0.000000439. The van der Waals surface area contributed by atoms with Gasteiger partial charge in [-0.15, -0.1) is 0 Å². The van der Waals surface area contributed by atoms with E-state index in [1.165, 1.54) is 52.4 Å². The quantitative estimate of drug-likeness (QED) is 0.154. The van der Waals surface area contributed by atoms with Crippen molar-refractivity contribution in [2.24, 2.45) is 0 Å². The summed E-state index contributed by atoms with van der Waals surface area (Å²) in [5, 5.41) is 9.46. The molecule has 0 bridgehead atoms. The van der Waals surface area contributed by atoms with E-state index in [9.17, 15) is 14.7 Å². The van der Waals surface area contributed by atoms with Gasteiger partial charge in [-0.1, -0.05) is 0 Å². The molecular weight excluding hydrogens is 730 g/mol. The Kier molecular flexibility index (Phi) is 20.2. The van der Waals surface area contributed by atoms with E-state index < -0.39 is 61.1 Å². The number of esters is 2. The van der Waals surface area contributed by atoms with Gasteiger partial charge in [0.2, 0.25) is 0 Å². The number of rotatable bonds is 17. The summed E-state index contributed by atoms with van der Waals surface area (Å²) in [4.78, 5) is 23.8. The fourth-order valence-corrected chi connectivity index (χ4v) is 16.8. The molecule has 0 amide bonds. The molecule has 0 spiro atoms. The van der Waals surface area contributed by atoms with Crippen LogP contribution in [0.3, 0.4) is 0 Å². The van der Waals surface area contributed by atoms with Gasteiger partial charge in [0.15, 0.2) is 0 Å². The molecule has 1 fully saturated rings. The molecule has 3 rings (SSSR count). The average Bonchev–Trinajstić information content (AvgIpc) is 3.02. The molecule has 0 saturated carbocycles. The standard InChI is InChI=1S/C23H26O7Se.3C4H9.Sn/c1-15(25)28-21-20(27-14-17-9-5-3-6-10-17)19(13-24)30-23(22(21)29-16(2)26)31-18-11-7-4-8-12-18;3*1-3-4-2;/h3-12,19-24H,13-14H2,1-2H3;3*1,3-4H2,2H3;/t19-,20-,21+,22-,23+;;;;/m1..../s1. The maximum absolute atomic E-state index is 11.9. The minimum atomic E-state index is -0.911. The van der Waals surface area contributed by atoms with Crippen LogP contribution in [0, 0.1) is 0 Å². The summed E-state index contributed by atoms with van der Waals surface area (Å²) in [5.74, 6) is -1.04. The summed E-state index contributed by atoms with van der Waals surface area (Å²) in [6.45, 7) is 9.49. The zero-order valence-corrected chi connectivity index (χ0v) is 31.8. The molecule has 1 N–H and O–H groups in total. The second kappa shape index (κ2) is 23.0. The van der Waals surface area contributed by atoms with Crippen LogP contribution in [-0.2, 0) is 35.1 Å². The molecule has 0 aliphatic carbocycles. The molecule has 2 aromatic carbocycles. The Bertz CT molecular complexity index is 1020. The molecule has 0 aromatic heterocycles. The maximum atomic E-state index is 11.9. The zero-order chi connectivity index (χ0) is 32.2. The predicted octanol–water partition coefficient (Wildman–Crippen LogP) is 6.06. The number of carbonyl (C=O) groups excluding carboxylic acids is 2. The first-order valence-corrected chi connectivity index (χ1v) is 24.0. The molecule has 1 heterocycles. The summed E-state index contributed by atoms with van der Waals surface area (Å²) in [7, 11) is 0. The van der Waals surface area contributed by atoms with E-state index in [4.69, 9.17) is 18.9 Å². The number of carbonyl (C=O) groups is 2. The van der Waals surface area contributed by atoms with E-state index in [-0.39, 0.29) is 28.2 Å². The number of benzene rings is 2. The molecule has 5 atom stereocenters. The van der Waals surface area contributed by atoms with Gasteiger partial charge in [-0.3, -0.25) is 0 Å². The van der Waals surface area contributed by atoms with Crippen molar-refractivity contribution in [1.82, 2.24) is 0 Å². The normalized spacial score (nSPS) is 21.3. The van der Waals surface area contributed by atoms with Crippen molar-refractivity contribution >= 4 is 51.1 Å². The first-order chi connectivity index (χ1) is 21.3. The van der Waals surface area contributed by atoms with E-state index >= 15 is 0 Å². The van der Waals surface area contributed by atoms with Crippen molar-refractivity contribution in [2.45, 2.75) is 122 Å². The molecular formula is C35H53O7SeSn. The second-order valence-electron chi connectivity index (χ2n) is 11.1. The third-order valence-corrected chi connectivity index (χ3v) is 18.8. The molecule has 1 saturated heterocycles. The Morgan fingerprint density at radius 2 is 1.27 bits per heavy atom. The molecule has 1 aliphatic heterocycles. The molecule has 245 valence electrons. The third kappa shape index (κ3) is 14.8. The van der Waals surface area contributed by atoms with Crippen molar-refractivity contribution in [1.29, 1.82) is 0 Å². The van der Waals surface area contributed by atoms with Crippen LogP contribution in [0.5, 0.6) is 0 Å². The van der Waals surface area contributed by atoms with Crippen LogP contribution in [-0.4, -0.2) is 87.8 Å². The Morgan fingerprint density at radius 3 is 1.75 bits per heavy atom. The van der Waals surface area contributed by atoms with Crippen molar-refractivity contribution in [3.63, 3.8) is 0 Å². The van der Waals surface area contributed by atoms with E-state index in [0.717, 1.165) is 10.0 Å². The topological polar surface area (TPSA) is 91.3 Å². The predicted molar refractivity (Wildman–Crippen MR) is 179 cm³/mol. The summed E-state index contributed by atoms with van der Waals surface area (Å²) in [6.07, 6.45) is 5.54. The Morgan fingerprint density at radius 1 is 0.773 bits per heavy atom. The fraction of sp³-hybridized carbons (Fsp3) is 0.600. The number of hydrogen-bond acceptors (Lipinski definition) is 7. The van der Waals surface area contributed by atoms with Gasteiger partial charge in [-0.05, 0) is 0 Å². The van der Waals surface area contributed by atoms with Crippen LogP contribution < -0.4 is 4.46 Å². The summed E-state index contributed by atoms with van der Waals surface area (Å²) in [5.41, 5.74) is 0.917. The van der Waals surface area contributed by atoms with E-state index in [1.54, 1.807) is 13.3 Å². The first-order valence-electron chi connectivity index (χ1n) is 16.1. The van der Waals surface area contributed by atoms with Gasteiger partial charge in [-0.25, -0.2) is 0 Å². The molecule has 7 nitrogen and oxygen atoms in total. The summed E-state index contributed by atoms with van der Waals surface area (Å²) in [6, 6.07) is 19.2. The van der Waals surface area contributed by atoms with Gasteiger partial charge < -0.3 is 0 Å². The molecule has 1 aliphatic rings. The van der Waals surface area contributed by atoms with Crippen LogP contribution in [0.15, 0.2) is 60.7 Å². The van der Waals surface area contributed by atoms with Gasteiger partial charge in [0.1, 0.15) is 0 Å². The third-order valence-electron chi connectivity index (χ3n) is 7.31. The zero-order valence-electron chi connectivity index (χ0n) is 27.2. The second-order valence-corrected chi connectivity index (χ2v) is 22.1. The number of aliphatic hydroxyl groups is 1. The summed E-state index contributed by atoms with van der Waals surface area (Å²) >= 11 is -1.11. The molecule has 1 radical (unpaired) electrons. The van der Waals surface area contributed by atoms with Crippen LogP contribution in [0.4, 0.5) is 0 Å². The summed E-state index contributed by atoms with van der Waals surface area (Å²) < 4.78 is 29.4. The fourth-order valence-electron chi connectivity index (χ4n) is 5.02. The SMILES string of the molecule is CC(=O)O[C@@H]1[C@@H](OC(C)=O)[C@H]([Se]c2ccccc2)O[C@H](CO)[C@H]1OCc1ccccc1.CCC[CH2][Sn]([CH2]CCC)[CH2]CCC. The van der Waals surface area contributed by atoms with Crippen LogP contribution in [0.1, 0.15) is 78.7 Å². The Hall–Kier alpha value is -1.42.